The van der Waals surface area contributed by atoms with Gasteiger partial charge in [0.15, 0.2) is 5.96 Å². The first-order valence-corrected chi connectivity index (χ1v) is 6.14. The van der Waals surface area contributed by atoms with E-state index in [-0.39, 0.29) is 35.6 Å². The van der Waals surface area contributed by atoms with Crippen LogP contribution in [0.1, 0.15) is 6.42 Å². The van der Waals surface area contributed by atoms with Crippen LogP contribution in [0.5, 0.6) is 0 Å². The molecule has 0 fully saturated rings. The van der Waals surface area contributed by atoms with Gasteiger partial charge in [0.05, 0.1) is 0 Å². The third kappa shape index (κ3) is 6.06. The lowest BCUT2D eigenvalue weighted by atomic mass is 10.3. The van der Waals surface area contributed by atoms with Gasteiger partial charge in [-0.25, -0.2) is 8.78 Å². The molecule has 8 heteroatoms. The topological polar surface area (TPSA) is 68.2 Å². The Morgan fingerprint density at radius 1 is 1.29 bits per heavy atom. The van der Waals surface area contributed by atoms with Gasteiger partial charge in [0, 0.05) is 37.2 Å². The Balaban J connectivity index is 0.00000220. The highest BCUT2D eigenvalue weighted by molar-refractivity contribution is 14.0. The predicted octanol–water partition coefficient (Wildman–Crippen LogP) is 2.60. The molecule has 1 aromatic carbocycles. The second kappa shape index (κ2) is 8.55. The molecule has 0 saturated carbocycles. The number of aliphatic imine (C=N–C) groups is 1. The molecule has 1 heterocycles. The normalized spacial score (nSPS) is 11.0. The van der Waals surface area contributed by atoms with Gasteiger partial charge in [0.2, 0.25) is 0 Å². The number of hydrogen-bond acceptors (Lipinski definition) is 2. The average Bonchev–Trinajstić information content (AvgIpc) is 2.86. The minimum Gasteiger partial charge on any atom is -0.370 e. The van der Waals surface area contributed by atoms with Crippen molar-refractivity contribution in [3.63, 3.8) is 0 Å². The summed E-state index contributed by atoms with van der Waals surface area (Å²) in [6, 6.07) is 4.94. The number of aromatic nitrogens is 2. The standard InChI is InChI=1S/C13H15F2N5.HI/c14-10-7-11(15)9-12(8-10)19-13(16)17-3-1-5-20-6-2-4-18-20;/h2,4,6-9H,1,3,5H2,(H3,16,17,19);1H. The molecule has 5 nitrogen and oxygen atoms in total. The van der Waals surface area contributed by atoms with Crippen molar-refractivity contribution in [2.75, 3.05) is 11.9 Å². The summed E-state index contributed by atoms with van der Waals surface area (Å²) >= 11 is 0. The van der Waals surface area contributed by atoms with Crippen molar-refractivity contribution in [1.29, 1.82) is 0 Å². The molecule has 0 atom stereocenters. The summed E-state index contributed by atoms with van der Waals surface area (Å²) in [6.07, 6.45) is 4.33. The largest absolute Gasteiger partial charge is 0.370 e. The molecule has 114 valence electrons. The maximum Gasteiger partial charge on any atom is 0.193 e. The van der Waals surface area contributed by atoms with Crippen LogP contribution >= 0.6 is 24.0 Å². The monoisotopic (exact) mass is 407 g/mol. The Bertz CT molecular complexity index is 566. The van der Waals surface area contributed by atoms with Crippen LogP contribution in [0.15, 0.2) is 41.7 Å². The Labute approximate surface area is 138 Å². The maximum atomic E-state index is 13.0. The molecule has 0 aliphatic rings. The van der Waals surface area contributed by atoms with Gasteiger partial charge in [0.1, 0.15) is 11.6 Å². The minimum absolute atomic E-state index is 0. The van der Waals surface area contributed by atoms with Crippen LogP contribution in [0.2, 0.25) is 0 Å². The number of rotatable bonds is 5. The molecule has 0 spiro atoms. The number of nitrogens with two attached hydrogens (primary N) is 1. The Morgan fingerprint density at radius 3 is 2.62 bits per heavy atom. The molecule has 0 amide bonds. The van der Waals surface area contributed by atoms with Crippen LogP contribution in [0.4, 0.5) is 14.5 Å². The van der Waals surface area contributed by atoms with Crippen LogP contribution in [0, 0.1) is 11.6 Å². The number of aryl methyl sites for hydroxylation is 1. The van der Waals surface area contributed by atoms with Crippen molar-refractivity contribution >= 4 is 35.6 Å². The van der Waals surface area contributed by atoms with Crippen LogP contribution < -0.4 is 11.1 Å². The van der Waals surface area contributed by atoms with E-state index in [1.165, 1.54) is 0 Å². The van der Waals surface area contributed by atoms with Crippen LogP contribution in [-0.2, 0) is 6.54 Å². The smallest absolute Gasteiger partial charge is 0.193 e. The molecule has 0 aliphatic heterocycles. The Kier molecular flexibility index (Phi) is 7.06. The number of guanidine groups is 1. The van der Waals surface area contributed by atoms with E-state index < -0.39 is 11.6 Å². The van der Waals surface area contributed by atoms with Crippen LogP contribution in [-0.4, -0.2) is 22.3 Å². The highest BCUT2D eigenvalue weighted by Gasteiger charge is 2.01. The first-order valence-electron chi connectivity index (χ1n) is 6.14. The summed E-state index contributed by atoms with van der Waals surface area (Å²) in [5.41, 5.74) is 5.87. The van der Waals surface area contributed by atoms with Crippen molar-refractivity contribution in [3.05, 3.63) is 48.3 Å². The van der Waals surface area contributed by atoms with Gasteiger partial charge in [-0.2, -0.15) is 5.10 Å². The molecule has 0 saturated heterocycles. The zero-order valence-electron chi connectivity index (χ0n) is 11.2. The molecule has 2 rings (SSSR count). The summed E-state index contributed by atoms with van der Waals surface area (Å²) < 4.78 is 27.7. The summed E-state index contributed by atoms with van der Waals surface area (Å²) in [6.45, 7) is 1.23. The number of anilines is 1. The first kappa shape index (κ1) is 17.3. The first-order chi connectivity index (χ1) is 9.63. The summed E-state index contributed by atoms with van der Waals surface area (Å²) in [4.78, 5) is 4.08. The molecular weight excluding hydrogens is 391 g/mol. The van der Waals surface area contributed by atoms with Gasteiger partial charge in [0.25, 0.3) is 0 Å². The highest BCUT2D eigenvalue weighted by atomic mass is 127. The van der Waals surface area contributed by atoms with Gasteiger partial charge in [-0.1, -0.05) is 0 Å². The summed E-state index contributed by atoms with van der Waals surface area (Å²) in [7, 11) is 0. The Morgan fingerprint density at radius 2 is 2.00 bits per heavy atom. The molecule has 0 unspecified atom stereocenters. The second-order valence-corrected chi connectivity index (χ2v) is 4.17. The summed E-state index contributed by atoms with van der Waals surface area (Å²) in [5.74, 6) is -1.21. The van der Waals surface area contributed by atoms with E-state index in [9.17, 15) is 8.78 Å². The Hall–Kier alpha value is -1.71. The van der Waals surface area contributed by atoms with Crippen molar-refractivity contribution in [3.8, 4) is 0 Å². The molecule has 0 bridgehead atoms. The van der Waals surface area contributed by atoms with Crippen molar-refractivity contribution in [1.82, 2.24) is 9.78 Å². The van der Waals surface area contributed by atoms with Gasteiger partial charge in [-0.3, -0.25) is 9.67 Å². The quantitative estimate of drug-likeness (QED) is 0.347. The molecular formula is C13H16F2IN5. The fourth-order valence-electron chi connectivity index (χ4n) is 1.68. The van der Waals surface area contributed by atoms with E-state index in [1.807, 2.05) is 12.3 Å². The van der Waals surface area contributed by atoms with E-state index in [1.54, 1.807) is 10.9 Å². The highest BCUT2D eigenvalue weighted by Crippen LogP contribution is 2.12. The average molecular weight is 407 g/mol. The van der Waals surface area contributed by atoms with Crippen molar-refractivity contribution < 1.29 is 8.78 Å². The second-order valence-electron chi connectivity index (χ2n) is 4.17. The fourth-order valence-corrected chi connectivity index (χ4v) is 1.68. The third-order valence-electron chi connectivity index (χ3n) is 2.52. The minimum atomic E-state index is -0.668. The van der Waals surface area contributed by atoms with E-state index in [4.69, 9.17) is 5.73 Å². The van der Waals surface area contributed by atoms with Gasteiger partial charge >= 0.3 is 0 Å². The maximum absolute atomic E-state index is 13.0. The third-order valence-corrected chi connectivity index (χ3v) is 2.52. The van der Waals surface area contributed by atoms with Crippen molar-refractivity contribution in [2.24, 2.45) is 10.7 Å². The summed E-state index contributed by atoms with van der Waals surface area (Å²) in [5, 5.41) is 6.70. The molecule has 21 heavy (non-hydrogen) atoms. The molecule has 2 aromatic rings. The molecule has 1 aromatic heterocycles. The molecule has 3 N–H and O–H groups in total. The number of nitrogens with one attached hydrogen (secondary N) is 1. The number of halogens is 3. The lowest BCUT2D eigenvalue weighted by Crippen LogP contribution is -2.23. The molecule has 0 radical (unpaired) electrons. The van der Waals surface area contributed by atoms with Crippen molar-refractivity contribution in [2.45, 2.75) is 13.0 Å². The number of benzene rings is 1. The zero-order valence-corrected chi connectivity index (χ0v) is 13.5. The van der Waals surface area contributed by atoms with E-state index in [2.05, 4.69) is 15.4 Å². The predicted molar refractivity (Wildman–Crippen MR) is 88.7 cm³/mol. The fraction of sp³-hybridized carbons (Fsp3) is 0.231. The number of nitrogens with zero attached hydrogens (tertiary/aromatic N) is 3. The van der Waals surface area contributed by atoms with Crippen LogP contribution in [0.25, 0.3) is 0 Å². The van der Waals surface area contributed by atoms with E-state index >= 15 is 0 Å². The van der Waals surface area contributed by atoms with Gasteiger partial charge in [-0.15, -0.1) is 24.0 Å². The van der Waals surface area contributed by atoms with E-state index in [0.717, 1.165) is 31.2 Å². The SMILES string of the molecule is I.NC(=NCCCn1cccn1)Nc1cc(F)cc(F)c1. The van der Waals surface area contributed by atoms with Crippen LogP contribution in [0.3, 0.4) is 0 Å². The van der Waals surface area contributed by atoms with Gasteiger partial charge in [-0.05, 0) is 24.6 Å². The lowest BCUT2D eigenvalue weighted by Gasteiger charge is -2.06. The zero-order chi connectivity index (χ0) is 14.4. The lowest BCUT2D eigenvalue weighted by molar-refractivity contribution is 0.584. The van der Waals surface area contributed by atoms with E-state index in [0.29, 0.717) is 6.54 Å². The molecule has 0 aliphatic carbocycles. The van der Waals surface area contributed by atoms with Gasteiger partial charge < -0.3 is 11.1 Å². The number of hydrogen-bond donors (Lipinski definition) is 2.